The van der Waals surface area contributed by atoms with E-state index in [4.69, 9.17) is 0 Å². The van der Waals surface area contributed by atoms with Gasteiger partial charge >= 0.3 is 12.1 Å². The van der Waals surface area contributed by atoms with Crippen molar-refractivity contribution in [3.05, 3.63) is 12.3 Å². The van der Waals surface area contributed by atoms with Gasteiger partial charge in [0.15, 0.2) is 0 Å². The number of rotatable bonds is 5. The standard InChI is InChI=1S/C7H9BrF2O3/c1-2-12-6(11)3-4-13-7(9,10)5-8/h3-4H,2,5H2,1H3/b4-3+. The second-order valence-corrected chi connectivity index (χ2v) is 2.50. The minimum Gasteiger partial charge on any atom is -0.463 e. The number of hydrogen-bond donors (Lipinski definition) is 0. The lowest BCUT2D eigenvalue weighted by molar-refractivity contribution is -0.183. The highest BCUT2D eigenvalue weighted by Gasteiger charge is 2.27. The molecule has 0 heterocycles. The average molecular weight is 259 g/mol. The summed E-state index contributed by atoms with van der Waals surface area (Å²) >= 11 is 2.54. The smallest absolute Gasteiger partial charge is 0.407 e. The van der Waals surface area contributed by atoms with Crippen molar-refractivity contribution in [2.45, 2.75) is 13.0 Å². The largest absolute Gasteiger partial charge is 0.463 e. The molecule has 0 aromatic heterocycles. The van der Waals surface area contributed by atoms with E-state index in [2.05, 4.69) is 25.4 Å². The zero-order valence-electron chi connectivity index (χ0n) is 6.93. The first-order valence-electron chi connectivity index (χ1n) is 3.46. The number of carbonyl (C=O) groups excluding carboxylic acids is 1. The predicted molar refractivity (Wildman–Crippen MR) is 45.6 cm³/mol. The highest BCUT2D eigenvalue weighted by Crippen LogP contribution is 2.17. The first-order chi connectivity index (χ1) is 6.02. The van der Waals surface area contributed by atoms with E-state index in [1.54, 1.807) is 6.92 Å². The van der Waals surface area contributed by atoms with Crippen LogP contribution in [0.2, 0.25) is 0 Å². The maximum atomic E-state index is 12.3. The Morgan fingerprint density at radius 1 is 1.62 bits per heavy atom. The number of carbonyl (C=O) groups is 1. The Hall–Kier alpha value is -0.650. The average Bonchev–Trinajstić information content (AvgIpc) is 2.05. The maximum Gasteiger partial charge on any atom is 0.407 e. The predicted octanol–water partition coefficient (Wildman–Crippen LogP) is 2.07. The Labute approximate surface area is 82.8 Å². The molecule has 0 unspecified atom stereocenters. The Balaban J connectivity index is 3.80. The van der Waals surface area contributed by atoms with Gasteiger partial charge in [-0.3, -0.25) is 0 Å². The summed E-state index contributed by atoms with van der Waals surface area (Å²) in [6, 6.07) is 0. The minimum absolute atomic E-state index is 0.192. The molecule has 0 saturated heterocycles. The van der Waals surface area contributed by atoms with E-state index in [9.17, 15) is 13.6 Å². The van der Waals surface area contributed by atoms with Gasteiger partial charge in [-0.05, 0) is 6.92 Å². The second-order valence-electron chi connectivity index (χ2n) is 1.94. The van der Waals surface area contributed by atoms with Gasteiger partial charge in [-0.25, -0.2) is 4.79 Å². The van der Waals surface area contributed by atoms with Crippen LogP contribution in [0, 0.1) is 0 Å². The Kier molecular flexibility index (Phi) is 5.61. The third-order valence-corrected chi connectivity index (χ3v) is 1.54. The summed E-state index contributed by atoms with van der Waals surface area (Å²) in [7, 11) is 0. The van der Waals surface area contributed by atoms with E-state index in [1.165, 1.54) is 0 Å². The van der Waals surface area contributed by atoms with Gasteiger partial charge in [-0.2, -0.15) is 8.78 Å². The molecular formula is C7H9BrF2O3. The van der Waals surface area contributed by atoms with E-state index in [0.717, 1.165) is 6.08 Å². The van der Waals surface area contributed by atoms with Gasteiger partial charge in [-0.1, -0.05) is 15.9 Å². The molecule has 0 spiro atoms. The van der Waals surface area contributed by atoms with Gasteiger partial charge < -0.3 is 9.47 Å². The van der Waals surface area contributed by atoms with Gasteiger partial charge in [-0.15, -0.1) is 0 Å². The summed E-state index contributed by atoms with van der Waals surface area (Å²) in [6.07, 6.45) is -1.90. The summed E-state index contributed by atoms with van der Waals surface area (Å²) in [6.45, 7) is 1.80. The van der Waals surface area contributed by atoms with E-state index in [0.29, 0.717) is 6.26 Å². The van der Waals surface area contributed by atoms with Crippen LogP contribution in [0.5, 0.6) is 0 Å². The molecule has 6 heteroatoms. The lowest BCUT2D eigenvalue weighted by Gasteiger charge is -2.10. The van der Waals surface area contributed by atoms with Crippen molar-refractivity contribution >= 4 is 21.9 Å². The summed E-state index contributed by atoms with van der Waals surface area (Å²) in [5.41, 5.74) is 0. The van der Waals surface area contributed by atoms with Crippen LogP contribution in [0.4, 0.5) is 8.78 Å². The maximum absolute atomic E-state index is 12.3. The van der Waals surface area contributed by atoms with Crippen LogP contribution in [0.25, 0.3) is 0 Å². The zero-order valence-corrected chi connectivity index (χ0v) is 8.51. The molecule has 0 aliphatic rings. The molecule has 3 nitrogen and oxygen atoms in total. The van der Waals surface area contributed by atoms with Crippen LogP contribution in [0.3, 0.4) is 0 Å². The van der Waals surface area contributed by atoms with Crippen molar-refractivity contribution in [2.24, 2.45) is 0 Å². The van der Waals surface area contributed by atoms with Crippen molar-refractivity contribution in [1.82, 2.24) is 0 Å². The van der Waals surface area contributed by atoms with Crippen LogP contribution in [-0.4, -0.2) is 24.0 Å². The fraction of sp³-hybridized carbons (Fsp3) is 0.571. The molecule has 76 valence electrons. The number of hydrogen-bond acceptors (Lipinski definition) is 3. The second kappa shape index (κ2) is 5.90. The SMILES string of the molecule is CCOC(=O)/C=C/OC(F)(F)CBr. The van der Waals surface area contributed by atoms with Crippen molar-refractivity contribution in [3.63, 3.8) is 0 Å². The molecule has 0 saturated carbocycles. The van der Waals surface area contributed by atoms with Crippen LogP contribution in [0.1, 0.15) is 6.92 Å². The first-order valence-corrected chi connectivity index (χ1v) is 4.59. The lowest BCUT2D eigenvalue weighted by Crippen LogP contribution is -2.19. The molecule has 0 atom stereocenters. The van der Waals surface area contributed by atoms with Crippen molar-refractivity contribution < 1.29 is 23.0 Å². The molecule has 0 aromatic rings. The van der Waals surface area contributed by atoms with Crippen molar-refractivity contribution in [1.29, 1.82) is 0 Å². The molecule has 0 radical (unpaired) electrons. The number of ether oxygens (including phenoxy) is 2. The van der Waals surface area contributed by atoms with Crippen LogP contribution >= 0.6 is 15.9 Å². The van der Waals surface area contributed by atoms with Gasteiger partial charge in [0.25, 0.3) is 0 Å². The van der Waals surface area contributed by atoms with Crippen molar-refractivity contribution in [2.75, 3.05) is 11.9 Å². The summed E-state index contributed by atoms with van der Waals surface area (Å²) in [5, 5.41) is -0.632. The van der Waals surface area contributed by atoms with Crippen LogP contribution in [-0.2, 0) is 14.3 Å². The highest BCUT2D eigenvalue weighted by molar-refractivity contribution is 9.09. The molecule has 0 N–H and O–H groups in total. The topological polar surface area (TPSA) is 35.5 Å². The molecule has 0 amide bonds. The lowest BCUT2D eigenvalue weighted by atomic mass is 10.6. The van der Waals surface area contributed by atoms with E-state index >= 15 is 0 Å². The van der Waals surface area contributed by atoms with E-state index < -0.39 is 17.4 Å². The Morgan fingerprint density at radius 3 is 2.69 bits per heavy atom. The number of alkyl halides is 3. The van der Waals surface area contributed by atoms with Gasteiger partial charge in [0.2, 0.25) is 0 Å². The normalized spacial score (nSPS) is 11.7. The molecule has 0 aromatic carbocycles. The molecule has 0 fully saturated rings. The fourth-order valence-corrected chi connectivity index (χ4v) is 0.543. The zero-order chi connectivity index (χ0) is 10.3. The molecule has 0 rings (SSSR count). The number of esters is 1. The Bertz CT molecular complexity index is 194. The third kappa shape index (κ3) is 6.51. The Morgan fingerprint density at radius 2 is 2.23 bits per heavy atom. The summed E-state index contributed by atoms with van der Waals surface area (Å²) in [4.78, 5) is 10.6. The van der Waals surface area contributed by atoms with Crippen LogP contribution in [0.15, 0.2) is 12.3 Å². The highest BCUT2D eigenvalue weighted by atomic mass is 79.9. The van der Waals surface area contributed by atoms with E-state index in [1.807, 2.05) is 0 Å². The number of halogens is 3. The van der Waals surface area contributed by atoms with Crippen molar-refractivity contribution in [3.8, 4) is 0 Å². The minimum atomic E-state index is -3.30. The van der Waals surface area contributed by atoms with E-state index in [-0.39, 0.29) is 6.61 Å². The monoisotopic (exact) mass is 258 g/mol. The molecular weight excluding hydrogens is 250 g/mol. The molecule has 0 aliphatic heterocycles. The third-order valence-electron chi connectivity index (χ3n) is 0.887. The molecule has 13 heavy (non-hydrogen) atoms. The summed E-state index contributed by atoms with van der Waals surface area (Å²) < 4.78 is 33.0. The van der Waals surface area contributed by atoms with Gasteiger partial charge in [0.1, 0.15) is 5.33 Å². The molecule has 0 bridgehead atoms. The fourth-order valence-electron chi connectivity index (χ4n) is 0.411. The van der Waals surface area contributed by atoms with Gasteiger partial charge in [0.05, 0.1) is 18.9 Å². The van der Waals surface area contributed by atoms with Crippen LogP contribution < -0.4 is 0 Å². The molecule has 0 aliphatic carbocycles. The quantitative estimate of drug-likeness (QED) is 0.328. The summed E-state index contributed by atoms with van der Waals surface area (Å²) in [5.74, 6) is -0.715. The first kappa shape index (κ1) is 12.3. The van der Waals surface area contributed by atoms with Gasteiger partial charge in [0, 0.05) is 0 Å².